The smallest absolute Gasteiger partial charge is 0.253 e. The lowest BCUT2D eigenvalue weighted by Crippen LogP contribution is -2.35. The molecule has 0 radical (unpaired) electrons. The molecule has 2 fully saturated rings. The van der Waals surface area contributed by atoms with Gasteiger partial charge in [0.1, 0.15) is 5.52 Å². The molecular weight excluding hydrogens is 252 g/mol. The number of piperidine rings is 1. The summed E-state index contributed by atoms with van der Waals surface area (Å²) < 4.78 is 5.79. The second-order valence-electron chi connectivity index (χ2n) is 5.86. The van der Waals surface area contributed by atoms with E-state index in [1.165, 1.54) is 19.3 Å². The van der Waals surface area contributed by atoms with Crippen molar-refractivity contribution in [2.45, 2.75) is 38.0 Å². The fourth-order valence-electron chi connectivity index (χ4n) is 2.86. The summed E-state index contributed by atoms with van der Waals surface area (Å²) in [6.45, 7) is 1.75. The van der Waals surface area contributed by atoms with E-state index in [1.54, 1.807) is 0 Å². The predicted molar refractivity (Wildman–Crippen MR) is 75.7 cm³/mol. The van der Waals surface area contributed by atoms with Gasteiger partial charge in [0.25, 0.3) is 5.91 Å². The van der Waals surface area contributed by atoms with Crippen molar-refractivity contribution in [3.8, 4) is 0 Å². The fraction of sp³-hybridized carbons (Fsp3) is 0.500. The highest BCUT2D eigenvalue weighted by molar-refractivity contribution is 5.97. The molecule has 1 aliphatic carbocycles. The average molecular weight is 270 g/mol. The lowest BCUT2D eigenvalue weighted by molar-refractivity contribution is 0.0724. The lowest BCUT2D eigenvalue weighted by atomic mass is 10.1. The number of fused-ring (bicyclic) bond motifs is 1. The number of hydrogen-bond acceptors (Lipinski definition) is 3. The number of oxazole rings is 1. The Labute approximate surface area is 117 Å². The molecule has 104 valence electrons. The van der Waals surface area contributed by atoms with Crippen LogP contribution in [0.2, 0.25) is 0 Å². The number of likely N-dealkylation sites (tertiary alicyclic amines) is 1. The first-order valence-corrected chi connectivity index (χ1v) is 7.51. The van der Waals surface area contributed by atoms with Crippen molar-refractivity contribution in [3.05, 3.63) is 29.7 Å². The number of amides is 1. The van der Waals surface area contributed by atoms with Crippen molar-refractivity contribution in [3.63, 3.8) is 0 Å². The van der Waals surface area contributed by atoms with Crippen LogP contribution in [0.1, 0.15) is 54.3 Å². The molecule has 1 amide bonds. The Morgan fingerprint density at radius 3 is 2.75 bits per heavy atom. The van der Waals surface area contributed by atoms with E-state index in [0.29, 0.717) is 5.92 Å². The molecule has 0 spiro atoms. The second-order valence-corrected chi connectivity index (χ2v) is 5.86. The fourth-order valence-corrected chi connectivity index (χ4v) is 2.86. The monoisotopic (exact) mass is 270 g/mol. The largest absolute Gasteiger partial charge is 0.440 e. The van der Waals surface area contributed by atoms with E-state index in [-0.39, 0.29) is 5.91 Å². The summed E-state index contributed by atoms with van der Waals surface area (Å²) in [5.74, 6) is 1.46. The number of aromatic nitrogens is 1. The van der Waals surface area contributed by atoms with Gasteiger partial charge < -0.3 is 9.32 Å². The molecule has 4 nitrogen and oxygen atoms in total. The van der Waals surface area contributed by atoms with Crippen molar-refractivity contribution in [2.75, 3.05) is 13.1 Å². The molecule has 20 heavy (non-hydrogen) atoms. The van der Waals surface area contributed by atoms with Gasteiger partial charge >= 0.3 is 0 Å². The van der Waals surface area contributed by atoms with Crippen LogP contribution in [0.3, 0.4) is 0 Å². The van der Waals surface area contributed by atoms with Crippen molar-refractivity contribution < 1.29 is 9.21 Å². The van der Waals surface area contributed by atoms with E-state index in [4.69, 9.17) is 4.42 Å². The van der Waals surface area contributed by atoms with Gasteiger partial charge in [0, 0.05) is 24.6 Å². The van der Waals surface area contributed by atoms with Gasteiger partial charge in [-0.1, -0.05) is 0 Å². The molecule has 1 aromatic carbocycles. The van der Waals surface area contributed by atoms with E-state index in [9.17, 15) is 4.79 Å². The van der Waals surface area contributed by atoms with Gasteiger partial charge in [-0.15, -0.1) is 0 Å². The van der Waals surface area contributed by atoms with Crippen LogP contribution < -0.4 is 0 Å². The molecule has 2 aliphatic rings. The molecule has 1 saturated heterocycles. The van der Waals surface area contributed by atoms with Crippen molar-refractivity contribution in [2.24, 2.45) is 0 Å². The summed E-state index contributed by atoms with van der Waals surface area (Å²) in [5.41, 5.74) is 2.33. The van der Waals surface area contributed by atoms with Crippen LogP contribution in [0.15, 0.2) is 22.6 Å². The topological polar surface area (TPSA) is 46.3 Å². The average Bonchev–Trinajstić information content (AvgIpc) is 3.26. The molecule has 2 heterocycles. The minimum Gasteiger partial charge on any atom is -0.440 e. The number of rotatable bonds is 2. The Balaban J connectivity index is 1.63. The Kier molecular flexibility index (Phi) is 2.76. The molecule has 1 aliphatic heterocycles. The summed E-state index contributed by atoms with van der Waals surface area (Å²) in [7, 11) is 0. The van der Waals surface area contributed by atoms with E-state index < -0.39 is 0 Å². The van der Waals surface area contributed by atoms with E-state index >= 15 is 0 Å². The number of hydrogen-bond donors (Lipinski definition) is 0. The number of carbonyl (C=O) groups excluding carboxylic acids is 1. The maximum Gasteiger partial charge on any atom is 0.253 e. The maximum absolute atomic E-state index is 12.5. The van der Waals surface area contributed by atoms with Crippen LogP contribution in [-0.2, 0) is 0 Å². The van der Waals surface area contributed by atoms with Crippen molar-refractivity contribution in [1.82, 2.24) is 9.88 Å². The van der Waals surface area contributed by atoms with Gasteiger partial charge in [-0.25, -0.2) is 4.98 Å². The standard InChI is InChI=1S/C16H18N2O2/c19-16(18-8-2-1-3-9-18)12-6-7-13-14(10-12)20-15(17-13)11-4-5-11/h6-7,10-11H,1-5,8-9H2. The Morgan fingerprint density at radius 1 is 1.20 bits per heavy atom. The number of nitrogens with zero attached hydrogens (tertiary/aromatic N) is 2. The summed E-state index contributed by atoms with van der Waals surface area (Å²) in [4.78, 5) is 18.9. The Morgan fingerprint density at radius 2 is 2.00 bits per heavy atom. The molecule has 0 unspecified atom stereocenters. The molecule has 1 saturated carbocycles. The van der Waals surface area contributed by atoms with Crippen molar-refractivity contribution in [1.29, 1.82) is 0 Å². The minimum atomic E-state index is 0.121. The third-order valence-corrected chi connectivity index (χ3v) is 4.22. The first-order valence-electron chi connectivity index (χ1n) is 7.51. The first-order chi connectivity index (χ1) is 9.81. The summed E-state index contributed by atoms with van der Waals surface area (Å²) >= 11 is 0. The highest BCUT2D eigenvalue weighted by Gasteiger charge is 2.29. The summed E-state index contributed by atoms with van der Waals surface area (Å²) in [6, 6.07) is 5.63. The zero-order valence-corrected chi connectivity index (χ0v) is 11.5. The molecule has 4 rings (SSSR count). The van der Waals surface area contributed by atoms with E-state index in [2.05, 4.69) is 4.98 Å². The number of benzene rings is 1. The predicted octanol–water partition coefficient (Wildman–Crippen LogP) is 3.33. The van der Waals surface area contributed by atoms with Gasteiger partial charge in [-0.2, -0.15) is 0 Å². The molecule has 2 aromatic rings. The zero-order valence-electron chi connectivity index (χ0n) is 11.5. The highest BCUT2D eigenvalue weighted by Crippen LogP contribution is 2.40. The Hall–Kier alpha value is -1.84. The molecular formula is C16H18N2O2. The molecule has 4 heteroatoms. The van der Waals surface area contributed by atoms with E-state index in [1.807, 2.05) is 23.1 Å². The van der Waals surface area contributed by atoms with Gasteiger partial charge in [-0.05, 0) is 50.3 Å². The quantitative estimate of drug-likeness (QED) is 0.841. The summed E-state index contributed by atoms with van der Waals surface area (Å²) in [5, 5.41) is 0. The van der Waals surface area contributed by atoms with Crippen LogP contribution >= 0.6 is 0 Å². The molecule has 0 atom stereocenters. The third kappa shape index (κ3) is 2.09. The summed E-state index contributed by atoms with van der Waals surface area (Å²) in [6.07, 6.45) is 5.80. The zero-order chi connectivity index (χ0) is 13.5. The van der Waals surface area contributed by atoms with Gasteiger partial charge in [0.15, 0.2) is 11.5 Å². The van der Waals surface area contributed by atoms with Crippen molar-refractivity contribution >= 4 is 17.0 Å². The second kappa shape index (κ2) is 4.62. The maximum atomic E-state index is 12.5. The first kappa shape index (κ1) is 11.9. The SMILES string of the molecule is O=C(c1ccc2nc(C3CC3)oc2c1)N1CCCCC1. The third-order valence-electron chi connectivity index (χ3n) is 4.22. The van der Waals surface area contributed by atoms with Crippen LogP contribution in [0, 0.1) is 0 Å². The normalized spacial score (nSPS) is 19.5. The van der Waals surface area contributed by atoms with E-state index in [0.717, 1.165) is 48.5 Å². The van der Waals surface area contributed by atoms with Crippen LogP contribution in [-0.4, -0.2) is 28.9 Å². The highest BCUT2D eigenvalue weighted by atomic mass is 16.3. The van der Waals surface area contributed by atoms with Gasteiger partial charge in [0.2, 0.25) is 0 Å². The van der Waals surface area contributed by atoms with Crippen LogP contribution in [0.4, 0.5) is 0 Å². The van der Waals surface area contributed by atoms with Crippen LogP contribution in [0.5, 0.6) is 0 Å². The molecule has 0 bridgehead atoms. The molecule has 0 N–H and O–H groups in total. The number of carbonyl (C=O) groups is 1. The minimum absolute atomic E-state index is 0.121. The molecule has 1 aromatic heterocycles. The van der Waals surface area contributed by atoms with Gasteiger partial charge in [0.05, 0.1) is 0 Å². The lowest BCUT2D eigenvalue weighted by Gasteiger charge is -2.26. The van der Waals surface area contributed by atoms with Gasteiger partial charge in [-0.3, -0.25) is 4.79 Å². The van der Waals surface area contributed by atoms with Crippen LogP contribution in [0.25, 0.3) is 11.1 Å². The Bertz CT molecular complexity index is 652.